The highest BCUT2D eigenvalue weighted by atomic mass is 35.5. The summed E-state index contributed by atoms with van der Waals surface area (Å²) in [5.41, 5.74) is 3.27. The standard InChI is InChI=1S/C16H20ClN7O2/c1-23(2)15-19-14(20-16(21-15)24-5-7-26-8-6-24)22-18-10-11-9-12(17)3-4-13(11)25/h3-4,9-10,25H,5-8H2,1-2H3,(H,19,20,21,22)/b18-10-. The first kappa shape index (κ1) is 18.2. The molecule has 9 nitrogen and oxygen atoms in total. The van der Waals surface area contributed by atoms with E-state index in [1.54, 1.807) is 17.0 Å². The van der Waals surface area contributed by atoms with E-state index in [0.717, 1.165) is 13.1 Å². The molecule has 2 heterocycles. The fraction of sp³-hybridized carbons (Fsp3) is 0.375. The molecule has 1 aromatic heterocycles. The summed E-state index contributed by atoms with van der Waals surface area (Å²) in [5, 5.41) is 14.4. The monoisotopic (exact) mass is 377 g/mol. The normalized spacial score (nSPS) is 14.7. The van der Waals surface area contributed by atoms with Gasteiger partial charge in [-0.25, -0.2) is 5.43 Å². The van der Waals surface area contributed by atoms with E-state index < -0.39 is 0 Å². The molecule has 0 amide bonds. The second-order valence-corrected chi connectivity index (χ2v) is 6.26. The van der Waals surface area contributed by atoms with Gasteiger partial charge in [-0.3, -0.25) is 0 Å². The van der Waals surface area contributed by atoms with Crippen molar-refractivity contribution in [1.29, 1.82) is 0 Å². The molecule has 138 valence electrons. The summed E-state index contributed by atoms with van der Waals surface area (Å²) >= 11 is 5.93. The van der Waals surface area contributed by atoms with Gasteiger partial charge in [0.15, 0.2) is 0 Å². The third-order valence-corrected chi connectivity index (χ3v) is 3.90. The van der Waals surface area contributed by atoms with Crippen LogP contribution in [0.4, 0.5) is 17.8 Å². The molecule has 1 aliphatic heterocycles. The molecule has 0 atom stereocenters. The smallest absolute Gasteiger partial charge is 0.250 e. The number of aromatic nitrogens is 3. The SMILES string of the molecule is CN(C)c1nc(N/N=C\c2cc(Cl)ccc2O)nc(N2CCOCC2)n1. The lowest BCUT2D eigenvalue weighted by atomic mass is 10.2. The molecule has 0 saturated carbocycles. The van der Waals surface area contributed by atoms with E-state index in [9.17, 15) is 5.11 Å². The van der Waals surface area contributed by atoms with E-state index in [0.29, 0.717) is 41.6 Å². The zero-order chi connectivity index (χ0) is 18.5. The molecule has 0 spiro atoms. The number of ether oxygens (including phenoxy) is 1. The Morgan fingerprint density at radius 1 is 1.27 bits per heavy atom. The van der Waals surface area contributed by atoms with E-state index >= 15 is 0 Å². The van der Waals surface area contributed by atoms with Gasteiger partial charge >= 0.3 is 0 Å². The van der Waals surface area contributed by atoms with Crippen LogP contribution in [0, 0.1) is 0 Å². The molecule has 0 unspecified atom stereocenters. The van der Waals surface area contributed by atoms with Gasteiger partial charge in [0, 0.05) is 37.8 Å². The first-order valence-electron chi connectivity index (χ1n) is 8.06. The predicted octanol–water partition coefficient (Wildman–Crippen LogP) is 1.58. The average Bonchev–Trinajstić information content (AvgIpc) is 2.65. The molecule has 2 N–H and O–H groups in total. The Kier molecular flexibility index (Phi) is 5.69. The summed E-state index contributed by atoms with van der Waals surface area (Å²) in [6.07, 6.45) is 1.45. The lowest BCUT2D eigenvalue weighted by molar-refractivity contribution is 0.122. The second kappa shape index (κ2) is 8.15. The number of nitrogens with one attached hydrogen (secondary N) is 1. The van der Waals surface area contributed by atoms with E-state index in [2.05, 4.69) is 25.5 Å². The van der Waals surface area contributed by atoms with Crippen molar-refractivity contribution in [3.8, 4) is 5.75 Å². The van der Waals surface area contributed by atoms with Crippen molar-refractivity contribution in [1.82, 2.24) is 15.0 Å². The molecule has 0 radical (unpaired) electrons. The van der Waals surface area contributed by atoms with Crippen LogP contribution in [0.5, 0.6) is 5.75 Å². The van der Waals surface area contributed by atoms with Gasteiger partial charge in [-0.1, -0.05) is 11.6 Å². The van der Waals surface area contributed by atoms with Gasteiger partial charge < -0.3 is 19.6 Å². The number of benzene rings is 1. The van der Waals surface area contributed by atoms with Crippen LogP contribution in [0.2, 0.25) is 5.02 Å². The number of nitrogens with zero attached hydrogens (tertiary/aromatic N) is 6. The Hall–Kier alpha value is -2.65. The van der Waals surface area contributed by atoms with Crippen LogP contribution in [0.1, 0.15) is 5.56 Å². The van der Waals surface area contributed by atoms with Gasteiger partial charge in [-0.2, -0.15) is 20.1 Å². The molecule has 0 bridgehead atoms. The minimum atomic E-state index is 0.0820. The summed E-state index contributed by atoms with van der Waals surface area (Å²) in [5.74, 6) is 1.47. The molecular weight excluding hydrogens is 358 g/mol. The van der Waals surface area contributed by atoms with Crippen molar-refractivity contribution in [3.05, 3.63) is 28.8 Å². The second-order valence-electron chi connectivity index (χ2n) is 5.83. The summed E-state index contributed by atoms with van der Waals surface area (Å²) in [6.45, 7) is 2.71. The van der Waals surface area contributed by atoms with E-state index in [4.69, 9.17) is 16.3 Å². The fourth-order valence-corrected chi connectivity index (χ4v) is 2.48. The highest BCUT2D eigenvalue weighted by Gasteiger charge is 2.17. The molecule has 2 aromatic rings. The van der Waals surface area contributed by atoms with Crippen LogP contribution in [0.15, 0.2) is 23.3 Å². The minimum Gasteiger partial charge on any atom is -0.507 e. The molecule has 1 saturated heterocycles. The number of hydrogen-bond acceptors (Lipinski definition) is 9. The molecule has 0 aliphatic carbocycles. The predicted molar refractivity (Wildman–Crippen MR) is 102 cm³/mol. The molecule has 10 heteroatoms. The quantitative estimate of drug-likeness (QED) is 0.598. The van der Waals surface area contributed by atoms with Gasteiger partial charge in [0.05, 0.1) is 19.4 Å². The molecule has 1 aliphatic rings. The number of rotatable bonds is 5. The largest absolute Gasteiger partial charge is 0.507 e. The zero-order valence-corrected chi connectivity index (χ0v) is 15.3. The Bertz CT molecular complexity index is 794. The Labute approximate surface area is 156 Å². The topological polar surface area (TPSA) is 99.0 Å². The summed E-state index contributed by atoms with van der Waals surface area (Å²) in [7, 11) is 3.71. The maximum absolute atomic E-state index is 9.82. The molecule has 1 aromatic carbocycles. The van der Waals surface area contributed by atoms with Crippen LogP contribution in [-0.2, 0) is 4.74 Å². The average molecular weight is 378 g/mol. The number of hydrazone groups is 1. The van der Waals surface area contributed by atoms with Crippen molar-refractivity contribution in [3.63, 3.8) is 0 Å². The van der Waals surface area contributed by atoms with Gasteiger partial charge in [0.2, 0.25) is 17.8 Å². The van der Waals surface area contributed by atoms with E-state index in [-0.39, 0.29) is 5.75 Å². The summed E-state index contributed by atoms with van der Waals surface area (Å²) < 4.78 is 5.37. The number of morpholine rings is 1. The first-order chi connectivity index (χ1) is 12.5. The van der Waals surface area contributed by atoms with Gasteiger partial charge in [-0.15, -0.1) is 0 Å². The maximum atomic E-state index is 9.82. The van der Waals surface area contributed by atoms with Crippen molar-refractivity contribution < 1.29 is 9.84 Å². The van der Waals surface area contributed by atoms with Crippen molar-refractivity contribution in [2.75, 3.05) is 55.6 Å². The number of aromatic hydroxyl groups is 1. The summed E-state index contributed by atoms with van der Waals surface area (Å²) in [6, 6.07) is 4.72. The molecule has 26 heavy (non-hydrogen) atoms. The highest BCUT2D eigenvalue weighted by molar-refractivity contribution is 6.30. The number of phenolic OH excluding ortho intramolecular Hbond substituents is 1. The lowest BCUT2D eigenvalue weighted by Crippen LogP contribution is -2.37. The number of phenols is 1. The van der Waals surface area contributed by atoms with Crippen LogP contribution in [0.25, 0.3) is 0 Å². The first-order valence-corrected chi connectivity index (χ1v) is 8.44. The Morgan fingerprint density at radius 2 is 2.04 bits per heavy atom. The van der Waals surface area contributed by atoms with Crippen molar-refractivity contribution >= 4 is 35.7 Å². The zero-order valence-electron chi connectivity index (χ0n) is 14.6. The number of hydrogen-bond donors (Lipinski definition) is 2. The van der Waals surface area contributed by atoms with E-state index in [1.807, 2.05) is 19.0 Å². The summed E-state index contributed by atoms with van der Waals surface area (Å²) in [4.78, 5) is 17.1. The molecule has 1 fully saturated rings. The third-order valence-electron chi connectivity index (χ3n) is 3.66. The number of anilines is 3. The van der Waals surface area contributed by atoms with Crippen LogP contribution in [0.3, 0.4) is 0 Å². The van der Waals surface area contributed by atoms with Gasteiger partial charge in [0.25, 0.3) is 0 Å². The maximum Gasteiger partial charge on any atom is 0.250 e. The Balaban J connectivity index is 1.80. The molecular formula is C16H20ClN7O2. The minimum absolute atomic E-state index is 0.0820. The lowest BCUT2D eigenvalue weighted by Gasteiger charge is -2.27. The Morgan fingerprint density at radius 3 is 2.77 bits per heavy atom. The van der Waals surface area contributed by atoms with Crippen LogP contribution < -0.4 is 15.2 Å². The van der Waals surface area contributed by atoms with Crippen LogP contribution in [-0.4, -0.2) is 66.7 Å². The van der Waals surface area contributed by atoms with Gasteiger partial charge in [0.1, 0.15) is 5.75 Å². The van der Waals surface area contributed by atoms with Gasteiger partial charge in [-0.05, 0) is 18.2 Å². The fourth-order valence-electron chi connectivity index (χ4n) is 2.30. The number of halogens is 1. The third kappa shape index (κ3) is 4.50. The highest BCUT2D eigenvalue weighted by Crippen LogP contribution is 2.20. The van der Waals surface area contributed by atoms with Crippen molar-refractivity contribution in [2.24, 2.45) is 5.10 Å². The molecule has 3 rings (SSSR count). The van der Waals surface area contributed by atoms with E-state index in [1.165, 1.54) is 12.3 Å². The van der Waals surface area contributed by atoms with Crippen molar-refractivity contribution in [2.45, 2.75) is 0 Å². The van der Waals surface area contributed by atoms with Crippen LogP contribution >= 0.6 is 11.6 Å².